The van der Waals surface area contributed by atoms with E-state index in [-0.39, 0.29) is 0 Å². The SMILES string of the molecule is Cc1ccc(S(=O)(=O)Nc2ccc(-c3ccc(N4CCCCC4)nn3)cc2)s1. The summed E-state index contributed by atoms with van der Waals surface area (Å²) in [6.07, 6.45) is 3.68. The van der Waals surface area contributed by atoms with Gasteiger partial charge in [0.15, 0.2) is 5.82 Å². The van der Waals surface area contributed by atoms with Crippen molar-refractivity contribution in [1.29, 1.82) is 0 Å². The first-order valence-electron chi connectivity index (χ1n) is 9.30. The van der Waals surface area contributed by atoms with Crippen LogP contribution >= 0.6 is 11.3 Å². The quantitative estimate of drug-likeness (QED) is 0.673. The minimum absolute atomic E-state index is 0.313. The van der Waals surface area contributed by atoms with E-state index in [1.54, 1.807) is 24.3 Å². The molecule has 8 heteroatoms. The third kappa shape index (κ3) is 4.18. The summed E-state index contributed by atoms with van der Waals surface area (Å²) in [5, 5.41) is 8.72. The van der Waals surface area contributed by atoms with E-state index < -0.39 is 10.0 Å². The van der Waals surface area contributed by atoms with Gasteiger partial charge in [0.05, 0.1) is 5.69 Å². The molecule has 0 bridgehead atoms. The summed E-state index contributed by atoms with van der Waals surface area (Å²) in [6.45, 7) is 3.95. The fourth-order valence-electron chi connectivity index (χ4n) is 3.24. The predicted octanol–water partition coefficient (Wildman–Crippen LogP) is 4.30. The first kappa shape index (κ1) is 18.9. The number of anilines is 2. The van der Waals surface area contributed by atoms with E-state index in [2.05, 4.69) is 19.8 Å². The van der Waals surface area contributed by atoms with Crippen LogP contribution in [0.3, 0.4) is 0 Å². The fourth-order valence-corrected chi connectivity index (χ4v) is 5.58. The summed E-state index contributed by atoms with van der Waals surface area (Å²) in [4.78, 5) is 3.23. The maximum atomic E-state index is 12.4. The second-order valence-corrected chi connectivity index (χ2v) is 10.1. The Balaban J connectivity index is 1.47. The predicted molar refractivity (Wildman–Crippen MR) is 113 cm³/mol. The average Bonchev–Trinajstić information content (AvgIpc) is 3.17. The van der Waals surface area contributed by atoms with E-state index in [1.807, 2.05) is 31.2 Å². The zero-order valence-electron chi connectivity index (χ0n) is 15.6. The van der Waals surface area contributed by atoms with Gasteiger partial charge in [0.25, 0.3) is 10.0 Å². The van der Waals surface area contributed by atoms with Crippen molar-refractivity contribution in [3.05, 3.63) is 53.4 Å². The van der Waals surface area contributed by atoms with Crippen LogP contribution in [0.1, 0.15) is 24.1 Å². The topological polar surface area (TPSA) is 75.2 Å². The number of rotatable bonds is 5. The number of aromatic nitrogens is 2. The summed E-state index contributed by atoms with van der Waals surface area (Å²) in [7, 11) is -3.55. The standard InChI is InChI=1S/C20H22N4O2S2/c1-15-5-12-20(27-15)28(25,26)23-17-8-6-16(7-9-17)18-10-11-19(22-21-18)24-13-3-2-4-14-24/h5-12,23H,2-4,13-14H2,1H3. The van der Waals surface area contributed by atoms with E-state index in [9.17, 15) is 8.42 Å². The molecular formula is C20H22N4O2S2. The van der Waals surface area contributed by atoms with Crippen LogP contribution in [0.2, 0.25) is 0 Å². The number of aryl methyl sites for hydroxylation is 1. The molecule has 2 aromatic heterocycles. The van der Waals surface area contributed by atoms with Crippen LogP contribution in [0.15, 0.2) is 52.7 Å². The van der Waals surface area contributed by atoms with Gasteiger partial charge >= 0.3 is 0 Å². The molecule has 0 unspecified atom stereocenters. The lowest BCUT2D eigenvalue weighted by molar-refractivity contribution is 0.571. The number of piperidine rings is 1. The molecule has 6 nitrogen and oxygen atoms in total. The maximum absolute atomic E-state index is 12.4. The Bertz CT molecular complexity index is 1040. The Labute approximate surface area is 169 Å². The molecule has 0 aliphatic carbocycles. The van der Waals surface area contributed by atoms with Gasteiger partial charge in [0.2, 0.25) is 0 Å². The van der Waals surface area contributed by atoms with Gasteiger partial charge in [-0.3, -0.25) is 4.72 Å². The molecule has 3 heterocycles. The molecule has 0 saturated carbocycles. The largest absolute Gasteiger partial charge is 0.355 e. The van der Waals surface area contributed by atoms with Crippen molar-refractivity contribution >= 4 is 32.9 Å². The van der Waals surface area contributed by atoms with Crippen LogP contribution in [0, 0.1) is 6.92 Å². The molecular weight excluding hydrogens is 392 g/mol. The Morgan fingerprint density at radius 2 is 1.68 bits per heavy atom. The Morgan fingerprint density at radius 1 is 0.929 bits per heavy atom. The van der Waals surface area contributed by atoms with Crippen molar-refractivity contribution in [2.75, 3.05) is 22.7 Å². The zero-order chi connectivity index (χ0) is 19.6. The molecule has 1 aromatic carbocycles. The first-order valence-corrected chi connectivity index (χ1v) is 11.6. The molecule has 4 rings (SSSR count). The minimum atomic E-state index is -3.55. The normalized spacial score (nSPS) is 14.8. The van der Waals surface area contributed by atoms with Crippen LogP contribution in [-0.4, -0.2) is 31.7 Å². The van der Waals surface area contributed by atoms with Gasteiger partial charge in [-0.15, -0.1) is 21.5 Å². The smallest absolute Gasteiger partial charge is 0.271 e. The van der Waals surface area contributed by atoms with Crippen molar-refractivity contribution in [3.8, 4) is 11.3 Å². The number of sulfonamides is 1. The molecule has 1 aliphatic heterocycles. The molecule has 0 spiro atoms. The number of benzene rings is 1. The molecule has 0 atom stereocenters. The Hall–Kier alpha value is -2.45. The summed E-state index contributed by atoms with van der Waals surface area (Å²) < 4.78 is 27.8. The molecule has 1 aliphatic rings. The molecule has 0 radical (unpaired) electrons. The molecule has 146 valence electrons. The second kappa shape index (κ2) is 7.89. The third-order valence-corrected chi connectivity index (χ3v) is 7.62. The molecule has 1 saturated heterocycles. The van der Waals surface area contributed by atoms with Gasteiger partial charge in [0, 0.05) is 29.2 Å². The number of hydrogen-bond acceptors (Lipinski definition) is 6. The van der Waals surface area contributed by atoms with Gasteiger partial charge in [-0.1, -0.05) is 12.1 Å². The van der Waals surface area contributed by atoms with Gasteiger partial charge in [0.1, 0.15) is 4.21 Å². The van der Waals surface area contributed by atoms with Crippen LogP contribution in [0.5, 0.6) is 0 Å². The summed E-state index contributed by atoms with van der Waals surface area (Å²) in [5.41, 5.74) is 2.18. The highest BCUT2D eigenvalue weighted by Gasteiger charge is 2.16. The summed E-state index contributed by atoms with van der Waals surface area (Å²) >= 11 is 1.25. The van der Waals surface area contributed by atoms with Crippen molar-refractivity contribution < 1.29 is 8.42 Å². The highest BCUT2D eigenvalue weighted by molar-refractivity contribution is 7.94. The molecule has 0 amide bonds. The Kier molecular flexibility index (Phi) is 5.32. The molecule has 28 heavy (non-hydrogen) atoms. The lowest BCUT2D eigenvalue weighted by atomic mass is 10.1. The molecule has 1 N–H and O–H groups in total. The van der Waals surface area contributed by atoms with Crippen molar-refractivity contribution in [3.63, 3.8) is 0 Å². The molecule has 1 fully saturated rings. The van der Waals surface area contributed by atoms with E-state index in [4.69, 9.17) is 0 Å². The van der Waals surface area contributed by atoms with Gasteiger partial charge < -0.3 is 4.90 Å². The van der Waals surface area contributed by atoms with Crippen LogP contribution < -0.4 is 9.62 Å². The van der Waals surface area contributed by atoms with Crippen molar-refractivity contribution in [2.24, 2.45) is 0 Å². The highest BCUT2D eigenvalue weighted by atomic mass is 32.2. The van der Waals surface area contributed by atoms with Gasteiger partial charge in [-0.25, -0.2) is 8.42 Å². The van der Waals surface area contributed by atoms with Crippen LogP contribution in [0.4, 0.5) is 11.5 Å². The van der Waals surface area contributed by atoms with Gasteiger partial charge in [-0.2, -0.15) is 0 Å². The average molecular weight is 415 g/mol. The van der Waals surface area contributed by atoms with Crippen LogP contribution in [-0.2, 0) is 10.0 Å². The van der Waals surface area contributed by atoms with E-state index in [1.165, 1.54) is 30.6 Å². The zero-order valence-corrected chi connectivity index (χ0v) is 17.3. The number of nitrogens with zero attached hydrogens (tertiary/aromatic N) is 3. The van der Waals surface area contributed by atoms with Crippen molar-refractivity contribution in [2.45, 2.75) is 30.4 Å². The number of nitrogens with one attached hydrogen (secondary N) is 1. The fraction of sp³-hybridized carbons (Fsp3) is 0.300. The maximum Gasteiger partial charge on any atom is 0.271 e. The summed E-state index contributed by atoms with van der Waals surface area (Å²) in [6, 6.07) is 14.6. The van der Waals surface area contributed by atoms with E-state index in [0.29, 0.717) is 9.90 Å². The second-order valence-electron chi connectivity index (χ2n) is 6.87. The van der Waals surface area contributed by atoms with Crippen molar-refractivity contribution in [1.82, 2.24) is 10.2 Å². The Morgan fingerprint density at radius 3 is 2.29 bits per heavy atom. The van der Waals surface area contributed by atoms with E-state index in [0.717, 1.165) is 35.0 Å². The van der Waals surface area contributed by atoms with Gasteiger partial charge in [-0.05, 0) is 62.6 Å². The number of hydrogen-bond donors (Lipinski definition) is 1. The number of thiophene rings is 1. The van der Waals surface area contributed by atoms with E-state index >= 15 is 0 Å². The monoisotopic (exact) mass is 414 g/mol. The summed E-state index contributed by atoms with van der Waals surface area (Å²) in [5.74, 6) is 0.916. The van der Waals surface area contributed by atoms with Crippen LogP contribution in [0.25, 0.3) is 11.3 Å². The minimum Gasteiger partial charge on any atom is -0.355 e. The highest BCUT2D eigenvalue weighted by Crippen LogP contribution is 2.25. The first-order chi connectivity index (χ1) is 13.5. The lowest BCUT2D eigenvalue weighted by Gasteiger charge is -2.27. The third-order valence-electron chi connectivity index (χ3n) is 4.74. The lowest BCUT2D eigenvalue weighted by Crippen LogP contribution is -2.30. The molecule has 3 aromatic rings.